The van der Waals surface area contributed by atoms with Crippen LogP contribution in [0.4, 0.5) is 0 Å². The number of alkyl halides is 1. The summed E-state index contributed by atoms with van der Waals surface area (Å²) in [5, 5.41) is 6.82. The van der Waals surface area contributed by atoms with Gasteiger partial charge in [0.05, 0.1) is 0 Å². The first-order valence-electron chi connectivity index (χ1n) is 1.68. The molecule has 7 heavy (non-hydrogen) atoms. The van der Waals surface area contributed by atoms with Crippen LogP contribution in [0, 0.1) is 5.41 Å². The van der Waals surface area contributed by atoms with E-state index in [4.69, 9.17) is 8.48 Å². The van der Waals surface area contributed by atoms with Gasteiger partial charge in [-0.15, -0.1) is 0 Å². The molecule has 2 nitrogen and oxygen atoms in total. The van der Waals surface area contributed by atoms with E-state index < -0.39 is 0 Å². The summed E-state index contributed by atoms with van der Waals surface area (Å²) in [5.74, 6) is 0.190. The summed E-state index contributed by atoms with van der Waals surface area (Å²) < 4.78 is 4.77. The van der Waals surface area contributed by atoms with Crippen LogP contribution in [-0.4, -0.2) is 10.8 Å². The Morgan fingerprint density at radius 3 is 2.71 bits per heavy atom. The van der Waals surface area contributed by atoms with Gasteiger partial charge >= 0.3 is 53.6 Å². The average Bonchev–Trinajstić information content (AvgIpc) is 1.68. The minimum atomic E-state index is -0.235. The molecule has 3 heteroatoms. The van der Waals surface area contributed by atoms with Crippen molar-refractivity contribution in [2.24, 2.45) is 0 Å². The van der Waals surface area contributed by atoms with Gasteiger partial charge in [-0.2, -0.15) is 0 Å². The Morgan fingerprint density at radius 1 is 2.00 bits per heavy atom. The number of hydrogen-bond donors (Lipinski definition) is 1. The van der Waals surface area contributed by atoms with Crippen LogP contribution < -0.4 is 21.6 Å². The Labute approximate surface area is 53.9 Å². The van der Waals surface area contributed by atoms with Crippen molar-refractivity contribution in [2.45, 2.75) is 0 Å². The Morgan fingerprint density at radius 2 is 2.57 bits per heavy atom. The molecule has 0 aromatic heterocycles. The summed E-state index contributed by atoms with van der Waals surface area (Å²) in [6.45, 7) is 3.35. The van der Waals surface area contributed by atoms with Crippen LogP contribution in [0.3, 0.4) is 0 Å². The monoisotopic (exact) mass is 212 g/mol. The van der Waals surface area contributed by atoms with Gasteiger partial charge < -0.3 is 0 Å². The van der Waals surface area contributed by atoms with Crippen LogP contribution in [0.1, 0.15) is 0 Å². The van der Waals surface area contributed by atoms with Gasteiger partial charge in [0.2, 0.25) is 0 Å². The maximum absolute atomic E-state index is 6.82. The predicted octanol–water partition coefficient (Wildman–Crippen LogP) is -2.20. The van der Waals surface area contributed by atoms with Gasteiger partial charge in [-0.3, -0.25) is 0 Å². The van der Waals surface area contributed by atoms with Crippen molar-refractivity contribution in [1.29, 1.82) is 5.41 Å². The van der Waals surface area contributed by atoms with Gasteiger partial charge in [-0.05, 0) is 0 Å². The zero-order chi connectivity index (χ0) is 5.70. The fraction of sp³-hybridized carbons (Fsp3) is 0.250. The molecule has 0 radical (unpaired) electrons. The van der Waals surface area contributed by atoms with E-state index in [1.807, 2.05) is 4.93 Å². The maximum atomic E-state index is 6.82. The van der Waals surface area contributed by atoms with Crippen molar-refractivity contribution in [1.82, 2.24) is 0 Å². The standard InChI is InChI=1S/C4H7INO/c1-3-4(6)7-5-2/h3,6H,1H2,2H3/q-1. The molecule has 0 aromatic rings. The van der Waals surface area contributed by atoms with Crippen LogP contribution in [0.5, 0.6) is 0 Å². The molecule has 0 heterocycles. The molecule has 0 amide bonds. The second-order valence-corrected chi connectivity index (χ2v) is 2.12. The third-order valence-electron chi connectivity index (χ3n) is 0.346. The molecule has 0 saturated heterocycles. The van der Waals surface area contributed by atoms with Gasteiger partial charge in [0.25, 0.3) is 0 Å². The van der Waals surface area contributed by atoms with Gasteiger partial charge in [0.1, 0.15) is 0 Å². The van der Waals surface area contributed by atoms with Crippen molar-refractivity contribution in [3.05, 3.63) is 12.7 Å². The quantitative estimate of drug-likeness (QED) is 0.239. The van der Waals surface area contributed by atoms with Gasteiger partial charge in [-0.1, -0.05) is 0 Å². The Kier molecular flexibility index (Phi) is 4.07. The molecule has 0 aliphatic carbocycles. The third-order valence-corrected chi connectivity index (χ3v) is 1.26. The van der Waals surface area contributed by atoms with Crippen LogP contribution in [-0.2, 0) is 3.07 Å². The van der Waals surface area contributed by atoms with E-state index in [1.54, 1.807) is 0 Å². The van der Waals surface area contributed by atoms with E-state index in [0.717, 1.165) is 0 Å². The van der Waals surface area contributed by atoms with Gasteiger partial charge in [0, 0.05) is 0 Å². The summed E-state index contributed by atoms with van der Waals surface area (Å²) in [5.41, 5.74) is 0. The summed E-state index contributed by atoms with van der Waals surface area (Å²) in [7, 11) is 0. The molecule has 0 fully saturated rings. The zero-order valence-corrected chi connectivity index (χ0v) is 6.23. The van der Waals surface area contributed by atoms with Gasteiger partial charge in [0.15, 0.2) is 0 Å². The summed E-state index contributed by atoms with van der Waals surface area (Å²) in [4.78, 5) is 1.94. The SMILES string of the molecule is C=CC(=N)O[I-]C. The van der Waals surface area contributed by atoms with Crippen LogP contribution in [0.15, 0.2) is 12.7 Å². The van der Waals surface area contributed by atoms with Crippen molar-refractivity contribution < 1.29 is 24.7 Å². The van der Waals surface area contributed by atoms with Crippen LogP contribution in [0.2, 0.25) is 0 Å². The third kappa shape index (κ3) is 3.78. The zero-order valence-electron chi connectivity index (χ0n) is 4.07. The summed E-state index contributed by atoms with van der Waals surface area (Å²) >= 11 is -0.235. The predicted molar refractivity (Wildman–Crippen MR) is 24.9 cm³/mol. The van der Waals surface area contributed by atoms with E-state index >= 15 is 0 Å². The second-order valence-electron chi connectivity index (χ2n) is 0.800. The molecule has 0 aliphatic heterocycles. The van der Waals surface area contributed by atoms with Crippen molar-refractivity contribution in [2.75, 3.05) is 4.93 Å². The molecule has 0 unspecified atom stereocenters. The number of nitrogens with one attached hydrogen (secondary N) is 1. The van der Waals surface area contributed by atoms with E-state index in [-0.39, 0.29) is 27.5 Å². The molecule has 0 aliphatic rings. The first-order valence-corrected chi connectivity index (χ1v) is 4.72. The van der Waals surface area contributed by atoms with Crippen LogP contribution in [0.25, 0.3) is 0 Å². The van der Waals surface area contributed by atoms with E-state index in [9.17, 15) is 0 Å². The molecular weight excluding hydrogens is 205 g/mol. The van der Waals surface area contributed by atoms with Crippen molar-refractivity contribution in [3.8, 4) is 0 Å². The second kappa shape index (κ2) is 4.11. The average molecular weight is 212 g/mol. The molecule has 0 spiro atoms. The summed E-state index contributed by atoms with van der Waals surface area (Å²) in [6.07, 6.45) is 1.39. The molecule has 0 bridgehead atoms. The van der Waals surface area contributed by atoms with Gasteiger partial charge in [-0.25, -0.2) is 0 Å². The topological polar surface area (TPSA) is 33.1 Å². The number of rotatable bonds is 2. The molecule has 0 atom stereocenters. The Balaban J connectivity index is 3.17. The minimum absolute atomic E-state index is 0.190. The van der Waals surface area contributed by atoms with Crippen molar-refractivity contribution in [3.63, 3.8) is 0 Å². The first-order chi connectivity index (χ1) is 3.31. The number of hydrogen-bond acceptors (Lipinski definition) is 2. The van der Waals surface area contributed by atoms with E-state index in [1.165, 1.54) is 6.08 Å². The number of halogens is 1. The first kappa shape index (κ1) is 6.94. The van der Waals surface area contributed by atoms with E-state index in [0.29, 0.717) is 0 Å². The Hall–Kier alpha value is -0.0600. The summed E-state index contributed by atoms with van der Waals surface area (Å²) in [6, 6.07) is 0. The fourth-order valence-electron chi connectivity index (χ4n) is 0.115. The molecular formula is C4H7INO-. The molecule has 1 N–H and O–H groups in total. The fourth-order valence-corrected chi connectivity index (χ4v) is 0.769. The normalized spacial score (nSPS) is 8.14. The molecule has 0 rings (SSSR count). The van der Waals surface area contributed by atoms with E-state index in [2.05, 4.69) is 6.58 Å². The Bertz CT molecular complexity index is 81.8. The molecule has 0 saturated carbocycles. The molecule has 42 valence electrons. The molecule has 0 aromatic carbocycles. The van der Waals surface area contributed by atoms with Crippen molar-refractivity contribution >= 4 is 5.90 Å². The van der Waals surface area contributed by atoms with Crippen LogP contribution >= 0.6 is 0 Å².